The van der Waals surface area contributed by atoms with Crippen LogP contribution in [0, 0.1) is 0 Å². The van der Waals surface area contributed by atoms with E-state index in [2.05, 4.69) is 44.7 Å². The predicted octanol–water partition coefficient (Wildman–Crippen LogP) is 2.33. The molecule has 2 aliphatic heterocycles. The quantitative estimate of drug-likeness (QED) is 0.506. The Bertz CT molecular complexity index is 918. The number of benzene rings is 2. The third kappa shape index (κ3) is 5.53. The van der Waals surface area contributed by atoms with Crippen molar-refractivity contribution in [2.45, 2.75) is 44.9 Å². The molecule has 0 saturated carbocycles. The lowest BCUT2D eigenvalue weighted by Gasteiger charge is -2.25. The van der Waals surface area contributed by atoms with E-state index in [1.807, 2.05) is 0 Å². The minimum absolute atomic E-state index is 0.0214. The molecule has 0 bridgehead atoms. The van der Waals surface area contributed by atoms with Gasteiger partial charge in [-0.05, 0) is 66.8 Å². The van der Waals surface area contributed by atoms with Crippen LogP contribution in [0.1, 0.15) is 30.9 Å². The summed E-state index contributed by atoms with van der Waals surface area (Å²) in [4.78, 5) is 16.3. The van der Waals surface area contributed by atoms with Crippen molar-refractivity contribution < 1.29 is 15.0 Å². The Hall–Kier alpha value is -2.77. The first kappa shape index (κ1) is 22.4. The van der Waals surface area contributed by atoms with E-state index < -0.39 is 0 Å². The summed E-state index contributed by atoms with van der Waals surface area (Å²) >= 11 is 0. The molecule has 0 spiro atoms. The Kier molecular flexibility index (Phi) is 7.17. The van der Waals surface area contributed by atoms with Crippen LogP contribution >= 0.6 is 0 Å². The number of phenols is 1. The first-order chi connectivity index (χ1) is 15.5. The van der Waals surface area contributed by atoms with Crippen LogP contribution in [0.2, 0.25) is 0 Å². The van der Waals surface area contributed by atoms with Crippen molar-refractivity contribution in [3.63, 3.8) is 0 Å². The van der Waals surface area contributed by atoms with E-state index in [0.717, 1.165) is 68.8 Å². The summed E-state index contributed by atoms with van der Waals surface area (Å²) in [5.41, 5.74) is 4.12. The Labute approximate surface area is 190 Å². The van der Waals surface area contributed by atoms with Crippen LogP contribution in [-0.4, -0.2) is 65.8 Å². The summed E-state index contributed by atoms with van der Waals surface area (Å²) < 4.78 is 0. The number of nitrogens with one attached hydrogen (secondary N) is 2. The van der Waals surface area contributed by atoms with Gasteiger partial charge in [0.15, 0.2) is 0 Å². The molecule has 0 aliphatic carbocycles. The monoisotopic (exact) mass is 438 g/mol. The van der Waals surface area contributed by atoms with Gasteiger partial charge in [-0.3, -0.25) is 9.69 Å². The van der Waals surface area contributed by atoms with Crippen LogP contribution < -0.4 is 15.5 Å². The number of rotatable bonds is 8. The molecule has 32 heavy (non-hydrogen) atoms. The molecule has 1 amide bonds. The van der Waals surface area contributed by atoms with Crippen molar-refractivity contribution in [1.29, 1.82) is 0 Å². The number of amides is 1. The van der Waals surface area contributed by atoms with Crippen molar-refractivity contribution in [2.24, 2.45) is 0 Å². The molecule has 4 N–H and O–H groups in total. The number of anilines is 2. The van der Waals surface area contributed by atoms with Crippen molar-refractivity contribution in [2.75, 3.05) is 42.9 Å². The van der Waals surface area contributed by atoms with Crippen LogP contribution in [0.5, 0.6) is 5.75 Å². The van der Waals surface area contributed by atoms with Gasteiger partial charge in [0.05, 0.1) is 6.61 Å². The molecule has 2 saturated heterocycles. The normalized spacial score (nSPS) is 21.1. The third-order valence-electron chi connectivity index (χ3n) is 6.62. The second kappa shape index (κ2) is 10.2. The third-order valence-corrected chi connectivity index (χ3v) is 6.62. The molecule has 4 rings (SSSR count). The minimum Gasteiger partial charge on any atom is -0.508 e. The van der Waals surface area contributed by atoms with Crippen LogP contribution in [0.4, 0.5) is 11.4 Å². The van der Waals surface area contributed by atoms with Gasteiger partial charge < -0.3 is 25.7 Å². The maximum Gasteiger partial charge on any atom is 0.217 e. The molecule has 2 aromatic carbocycles. The number of likely N-dealkylation sites (tertiary alicyclic amines) is 1. The second-order valence-electron chi connectivity index (χ2n) is 8.90. The van der Waals surface area contributed by atoms with E-state index >= 15 is 0 Å². The summed E-state index contributed by atoms with van der Waals surface area (Å²) in [5.74, 6) is 0.291. The zero-order valence-corrected chi connectivity index (χ0v) is 18.8. The first-order valence-electron chi connectivity index (χ1n) is 11.5. The topological polar surface area (TPSA) is 88.1 Å². The van der Waals surface area contributed by atoms with E-state index in [1.54, 1.807) is 25.1 Å². The Morgan fingerprint density at radius 3 is 2.62 bits per heavy atom. The lowest BCUT2D eigenvalue weighted by Crippen LogP contribution is -2.40. The lowest BCUT2D eigenvalue weighted by molar-refractivity contribution is -0.119. The van der Waals surface area contributed by atoms with Crippen LogP contribution in [0.3, 0.4) is 0 Å². The Morgan fingerprint density at radius 1 is 1.06 bits per heavy atom. The summed E-state index contributed by atoms with van der Waals surface area (Å²) in [6, 6.07) is 14.5. The number of nitrogens with zero attached hydrogens (tertiary/aromatic N) is 2. The highest BCUT2D eigenvalue weighted by molar-refractivity contribution is 5.73. The van der Waals surface area contributed by atoms with Gasteiger partial charge in [0.1, 0.15) is 5.75 Å². The van der Waals surface area contributed by atoms with E-state index in [-0.39, 0.29) is 18.3 Å². The zero-order chi connectivity index (χ0) is 22.5. The van der Waals surface area contributed by atoms with E-state index in [9.17, 15) is 15.0 Å². The van der Waals surface area contributed by atoms with Gasteiger partial charge in [0.2, 0.25) is 5.91 Å². The van der Waals surface area contributed by atoms with Crippen molar-refractivity contribution >= 4 is 17.3 Å². The molecular formula is C25H34N4O3. The average molecular weight is 439 g/mol. The molecule has 0 aromatic heterocycles. The lowest BCUT2D eigenvalue weighted by atomic mass is 10.0. The molecule has 2 atom stereocenters. The van der Waals surface area contributed by atoms with Gasteiger partial charge in [-0.2, -0.15) is 0 Å². The van der Waals surface area contributed by atoms with E-state index in [1.165, 1.54) is 5.69 Å². The van der Waals surface area contributed by atoms with Crippen LogP contribution in [0.15, 0.2) is 42.5 Å². The van der Waals surface area contributed by atoms with E-state index in [4.69, 9.17) is 0 Å². The molecule has 7 nitrogen and oxygen atoms in total. The highest BCUT2D eigenvalue weighted by Gasteiger charge is 2.33. The molecule has 0 radical (unpaired) electrons. The van der Waals surface area contributed by atoms with Crippen LogP contribution in [-0.2, 0) is 17.8 Å². The maximum atomic E-state index is 11.3. The fraction of sp³-hybridized carbons (Fsp3) is 0.480. The summed E-state index contributed by atoms with van der Waals surface area (Å²) in [6.07, 6.45) is 2.93. The Balaban J connectivity index is 1.25. The summed E-state index contributed by atoms with van der Waals surface area (Å²) in [5, 5.41) is 25.6. The van der Waals surface area contributed by atoms with Crippen molar-refractivity contribution in [3.8, 4) is 5.75 Å². The molecule has 7 heteroatoms. The van der Waals surface area contributed by atoms with Gasteiger partial charge in [0.25, 0.3) is 0 Å². The largest absolute Gasteiger partial charge is 0.508 e. The highest BCUT2D eigenvalue weighted by atomic mass is 16.3. The second-order valence-corrected chi connectivity index (χ2v) is 8.90. The van der Waals surface area contributed by atoms with Crippen molar-refractivity contribution in [3.05, 3.63) is 53.6 Å². The van der Waals surface area contributed by atoms with Gasteiger partial charge in [0, 0.05) is 63.1 Å². The molecule has 2 aliphatic rings. The Morgan fingerprint density at radius 2 is 1.88 bits per heavy atom. The fourth-order valence-electron chi connectivity index (χ4n) is 4.93. The number of carbonyl (C=O) groups excluding carboxylic acids is 1. The number of hydrogen-bond acceptors (Lipinski definition) is 6. The zero-order valence-electron chi connectivity index (χ0n) is 18.8. The molecule has 2 fully saturated rings. The first-order valence-corrected chi connectivity index (χ1v) is 11.5. The summed E-state index contributed by atoms with van der Waals surface area (Å²) in [7, 11) is 0. The van der Waals surface area contributed by atoms with Crippen LogP contribution in [0.25, 0.3) is 0 Å². The number of aromatic hydroxyl groups is 1. The SMILES string of the molecule is CC(=O)NC1CCN(C2CCN(c3ccc(NCCc4cc(O)ccc4CO)cc3)C2)C1. The molecule has 2 heterocycles. The van der Waals surface area contributed by atoms with E-state index in [0.29, 0.717) is 12.1 Å². The summed E-state index contributed by atoms with van der Waals surface area (Å²) in [6.45, 7) is 6.40. The number of aliphatic hydroxyl groups is 1. The molecular weight excluding hydrogens is 404 g/mol. The average Bonchev–Trinajstić information content (AvgIpc) is 3.44. The molecule has 172 valence electrons. The van der Waals surface area contributed by atoms with Gasteiger partial charge in [-0.25, -0.2) is 0 Å². The maximum absolute atomic E-state index is 11.3. The smallest absolute Gasteiger partial charge is 0.217 e. The van der Waals surface area contributed by atoms with Gasteiger partial charge >= 0.3 is 0 Å². The fourth-order valence-corrected chi connectivity index (χ4v) is 4.93. The molecule has 2 unspecified atom stereocenters. The number of carbonyl (C=O) groups is 1. The van der Waals surface area contributed by atoms with Gasteiger partial charge in [-0.1, -0.05) is 6.07 Å². The standard InChI is InChI=1S/C25H34N4O3/c1-18(31)27-22-9-12-28(15-22)24-10-13-29(16-24)23-5-3-21(4-6-23)26-11-8-19-14-25(32)7-2-20(19)17-30/h2-7,14,22,24,26,30,32H,8-13,15-17H2,1H3,(H,27,31). The number of aliphatic hydroxyl groups excluding tert-OH is 1. The van der Waals surface area contributed by atoms with Gasteiger partial charge in [-0.15, -0.1) is 0 Å². The highest BCUT2D eigenvalue weighted by Crippen LogP contribution is 2.26. The predicted molar refractivity (Wildman–Crippen MR) is 127 cm³/mol. The van der Waals surface area contributed by atoms with Crippen molar-refractivity contribution in [1.82, 2.24) is 10.2 Å². The number of phenolic OH excluding ortho intramolecular Hbond substituents is 1. The molecule has 2 aromatic rings. The number of hydrogen-bond donors (Lipinski definition) is 4. The minimum atomic E-state index is -0.0214.